The highest BCUT2D eigenvalue weighted by molar-refractivity contribution is 7.80. The van der Waals surface area contributed by atoms with E-state index in [2.05, 4.69) is 50.2 Å². The van der Waals surface area contributed by atoms with Gasteiger partial charge < -0.3 is 9.64 Å². The van der Waals surface area contributed by atoms with Crippen molar-refractivity contribution >= 4 is 46.6 Å². The van der Waals surface area contributed by atoms with Gasteiger partial charge in [0.05, 0.1) is 12.3 Å². The third kappa shape index (κ3) is 4.25. The van der Waals surface area contributed by atoms with Gasteiger partial charge >= 0.3 is 0 Å². The summed E-state index contributed by atoms with van der Waals surface area (Å²) in [7, 11) is 2.11. The molecule has 0 saturated carbocycles. The number of thiocarbonyl (C=S) groups is 1. The summed E-state index contributed by atoms with van der Waals surface area (Å²) in [6, 6.07) is 13.2. The molecule has 2 amide bonds. The third-order valence-corrected chi connectivity index (χ3v) is 6.74. The Morgan fingerprint density at radius 2 is 1.97 bits per heavy atom. The highest BCUT2D eigenvalue weighted by atomic mass is 32.1. The summed E-state index contributed by atoms with van der Waals surface area (Å²) in [6.07, 6.45) is 2.67. The molecule has 0 bridgehead atoms. The number of benzene rings is 2. The fourth-order valence-corrected chi connectivity index (χ4v) is 4.90. The Labute approximate surface area is 200 Å². The lowest BCUT2D eigenvalue weighted by molar-refractivity contribution is -0.122. The second-order valence-corrected chi connectivity index (χ2v) is 9.57. The predicted octanol–water partition coefficient (Wildman–Crippen LogP) is 4.64. The van der Waals surface area contributed by atoms with E-state index in [0.29, 0.717) is 24.0 Å². The number of hydrogen-bond donors (Lipinski definition) is 1. The van der Waals surface area contributed by atoms with Crippen LogP contribution in [0.5, 0.6) is 5.75 Å². The van der Waals surface area contributed by atoms with Crippen LogP contribution in [-0.4, -0.2) is 36.1 Å². The first kappa shape index (κ1) is 23.0. The van der Waals surface area contributed by atoms with Crippen LogP contribution in [0.25, 0.3) is 6.08 Å². The Bertz CT molecular complexity index is 1170. The SMILES string of the molecule is CCOc1cccc(N2C(=O)/C(=C\c3ccc4c(c3)C(C)CC(C)(C)N4C)C(=O)NC2=S)c1. The number of carbonyl (C=O) groups excluding carboxylic acids is 2. The molecule has 172 valence electrons. The van der Waals surface area contributed by atoms with Crippen molar-refractivity contribution in [2.24, 2.45) is 0 Å². The normalized spacial score (nSPS) is 21.2. The molecule has 2 aliphatic heterocycles. The fraction of sp³-hybridized carbons (Fsp3) is 0.346. The van der Waals surface area contributed by atoms with Crippen LogP contribution in [0.3, 0.4) is 0 Å². The second-order valence-electron chi connectivity index (χ2n) is 9.18. The molecule has 6 nitrogen and oxygen atoms in total. The van der Waals surface area contributed by atoms with Crippen LogP contribution in [0.4, 0.5) is 11.4 Å². The molecule has 1 N–H and O–H groups in total. The maximum Gasteiger partial charge on any atom is 0.270 e. The van der Waals surface area contributed by atoms with Crippen molar-refractivity contribution in [3.05, 3.63) is 59.2 Å². The van der Waals surface area contributed by atoms with E-state index in [4.69, 9.17) is 17.0 Å². The summed E-state index contributed by atoms with van der Waals surface area (Å²) >= 11 is 5.32. The summed E-state index contributed by atoms with van der Waals surface area (Å²) < 4.78 is 5.55. The molecule has 2 heterocycles. The number of hydrogen-bond acceptors (Lipinski definition) is 5. The van der Waals surface area contributed by atoms with E-state index in [0.717, 1.165) is 12.0 Å². The minimum atomic E-state index is -0.494. The summed E-state index contributed by atoms with van der Waals surface area (Å²) in [5.74, 6) is 0.0437. The molecular weight excluding hydrogens is 434 g/mol. The molecule has 0 radical (unpaired) electrons. The van der Waals surface area contributed by atoms with Crippen molar-refractivity contribution in [2.45, 2.75) is 45.6 Å². The lowest BCUT2D eigenvalue weighted by Gasteiger charge is -2.45. The van der Waals surface area contributed by atoms with Crippen LogP contribution < -0.4 is 19.9 Å². The average Bonchev–Trinajstić information content (AvgIpc) is 2.75. The second kappa shape index (κ2) is 8.63. The van der Waals surface area contributed by atoms with E-state index in [-0.39, 0.29) is 16.2 Å². The first-order valence-electron chi connectivity index (χ1n) is 11.1. The summed E-state index contributed by atoms with van der Waals surface area (Å²) in [5.41, 5.74) is 3.86. The van der Waals surface area contributed by atoms with Gasteiger partial charge in [-0.2, -0.15) is 0 Å². The van der Waals surface area contributed by atoms with E-state index in [9.17, 15) is 9.59 Å². The molecule has 0 aromatic heterocycles. The molecule has 1 unspecified atom stereocenters. The van der Waals surface area contributed by atoms with Gasteiger partial charge in [0, 0.05) is 24.3 Å². The van der Waals surface area contributed by atoms with Crippen molar-refractivity contribution in [3.8, 4) is 5.75 Å². The molecule has 0 aliphatic carbocycles. The highest BCUT2D eigenvalue weighted by Crippen LogP contribution is 2.42. The molecule has 1 saturated heterocycles. The van der Waals surface area contributed by atoms with Gasteiger partial charge in [-0.05, 0) is 86.8 Å². The predicted molar refractivity (Wildman–Crippen MR) is 136 cm³/mol. The molecule has 0 spiro atoms. The first-order chi connectivity index (χ1) is 15.6. The van der Waals surface area contributed by atoms with E-state index < -0.39 is 11.8 Å². The Morgan fingerprint density at radius 1 is 1.21 bits per heavy atom. The first-order valence-corrected chi connectivity index (χ1v) is 11.6. The number of nitrogens with zero attached hydrogens (tertiary/aromatic N) is 2. The van der Waals surface area contributed by atoms with Crippen LogP contribution in [0.1, 0.15) is 51.2 Å². The van der Waals surface area contributed by atoms with Crippen LogP contribution in [0.2, 0.25) is 0 Å². The molecule has 1 atom stereocenters. The van der Waals surface area contributed by atoms with Gasteiger partial charge in [-0.3, -0.25) is 19.8 Å². The van der Waals surface area contributed by atoms with E-state index >= 15 is 0 Å². The summed E-state index contributed by atoms with van der Waals surface area (Å²) in [5, 5.41) is 2.70. The molecule has 7 heteroatoms. The van der Waals surface area contributed by atoms with Gasteiger partial charge in [-0.1, -0.05) is 19.1 Å². The number of amides is 2. The quantitative estimate of drug-likeness (QED) is 0.407. The molecule has 4 rings (SSSR count). The van der Waals surface area contributed by atoms with E-state index in [1.165, 1.54) is 16.2 Å². The summed E-state index contributed by atoms with van der Waals surface area (Å²) in [6.45, 7) is 9.10. The van der Waals surface area contributed by atoms with Crippen LogP contribution in [0.15, 0.2) is 48.0 Å². The van der Waals surface area contributed by atoms with Crippen molar-refractivity contribution in [3.63, 3.8) is 0 Å². The van der Waals surface area contributed by atoms with Gasteiger partial charge in [0.2, 0.25) is 0 Å². The smallest absolute Gasteiger partial charge is 0.270 e. The number of nitrogens with one attached hydrogen (secondary N) is 1. The lowest BCUT2D eigenvalue weighted by Crippen LogP contribution is -2.54. The van der Waals surface area contributed by atoms with Crippen molar-refractivity contribution in [1.29, 1.82) is 0 Å². The molecule has 1 fully saturated rings. The van der Waals surface area contributed by atoms with Crippen molar-refractivity contribution < 1.29 is 14.3 Å². The lowest BCUT2D eigenvalue weighted by atomic mass is 9.80. The molecule has 2 aromatic carbocycles. The van der Waals surface area contributed by atoms with Crippen LogP contribution in [-0.2, 0) is 9.59 Å². The average molecular weight is 464 g/mol. The zero-order valence-corrected chi connectivity index (χ0v) is 20.5. The van der Waals surface area contributed by atoms with Gasteiger partial charge in [-0.25, -0.2) is 0 Å². The van der Waals surface area contributed by atoms with Gasteiger partial charge in [0.15, 0.2) is 5.11 Å². The Morgan fingerprint density at radius 3 is 2.70 bits per heavy atom. The Hall–Kier alpha value is -3.19. The maximum absolute atomic E-state index is 13.4. The van der Waals surface area contributed by atoms with E-state index in [1.54, 1.807) is 24.3 Å². The largest absolute Gasteiger partial charge is 0.494 e. The zero-order chi connectivity index (χ0) is 23.9. The monoisotopic (exact) mass is 463 g/mol. The van der Waals surface area contributed by atoms with Crippen LogP contribution in [0, 0.1) is 0 Å². The fourth-order valence-electron chi connectivity index (χ4n) is 4.62. The Kier molecular flexibility index (Phi) is 6.01. The number of anilines is 2. The highest BCUT2D eigenvalue weighted by Gasteiger charge is 2.36. The minimum absolute atomic E-state index is 0.0440. The minimum Gasteiger partial charge on any atom is -0.494 e. The zero-order valence-electron chi connectivity index (χ0n) is 19.6. The van der Waals surface area contributed by atoms with Gasteiger partial charge in [0.1, 0.15) is 11.3 Å². The topological polar surface area (TPSA) is 61.9 Å². The number of fused-ring (bicyclic) bond motifs is 1. The van der Waals surface area contributed by atoms with Gasteiger partial charge in [0.25, 0.3) is 11.8 Å². The van der Waals surface area contributed by atoms with E-state index in [1.807, 2.05) is 19.1 Å². The maximum atomic E-state index is 13.4. The molecular formula is C26H29N3O3S. The summed E-state index contributed by atoms with van der Waals surface area (Å²) in [4.78, 5) is 29.7. The standard InChI is InChI=1S/C26H29N3O3S/c1-6-32-19-9-7-8-18(14-19)29-24(31)21(23(30)27-25(29)33)13-17-10-11-22-20(12-17)16(2)15-26(3,4)28(22)5/h7-14,16H,6,15H2,1-5H3,(H,27,30,33)/b21-13-. The Balaban J connectivity index is 1.70. The van der Waals surface area contributed by atoms with Gasteiger partial charge in [-0.15, -0.1) is 0 Å². The molecule has 2 aliphatic rings. The number of rotatable bonds is 4. The third-order valence-electron chi connectivity index (χ3n) is 6.46. The van der Waals surface area contributed by atoms with Crippen LogP contribution >= 0.6 is 12.2 Å². The van der Waals surface area contributed by atoms with Crippen molar-refractivity contribution in [1.82, 2.24) is 5.32 Å². The molecule has 33 heavy (non-hydrogen) atoms. The van der Waals surface area contributed by atoms with Crippen molar-refractivity contribution in [2.75, 3.05) is 23.5 Å². The molecule has 2 aromatic rings. The number of carbonyl (C=O) groups is 2. The number of ether oxygens (including phenoxy) is 1.